The molecule has 0 N–H and O–H groups in total. The van der Waals surface area contributed by atoms with Crippen molar-refractivity contribution in [3.63, 3.8) is 0 Å². The van der Waals surface area contributed by atoms with Gasteiger partial charge in [-0.05, 0) is 44.2 Å². The number of likely N-dealkylation sites (tertiary alicyclic amines) is 1. The molecule has 0 saturated carbocycles. The predicted octanol–water partition coefficient (Wildman–Crippen LogP) is 2.96. The predicted molar refractivity (Wildman–Crippen MR) is 95.4 cm³/mol. The minimum absolute atomic E-state index is 0.112. The van der Waals surface area contributed by atoms with Crippen molar-refractivity contribution in [2.24, 2.45) is 5.92 Å². The zero-order chi connectivity index (χ0) is 17.2. The molecule has 0 aliphatic carbocycles. The minimum atomic E-state index is -0.112. The van der Waals surface area contributed by atoms with Gasteiger partial charge in [0, 0.05) is 32.4 Å². The minimum Gasteiger partial charge on any atom is -0.372 e. The van der Waals surface area contributed by atoms with E-state index in [1.165, 1.54) is 0 Å². The van der Waals surface area contributed by atoms with Gasteiger partial charge < -0.3 is 14.5 Å². The number of rotatable bonds is 3. The van der Waals surface area contributed by atoms with Crippen LogP contribution >= 0.6 is 0 Å². The molecule has 24 heavy (non-hydrogen) atoms. The lowest BCUT2D eigenvalue weighted by Crippen LogP contribution is -2.50. The average molecular weight is 331 g/mol. The molecule has 132 valence electrons. The molecule has 2 aliphatic rings. The zero-order valence-corrected chi connectivity index (χ0v) is 15.1. The number of hydrogen-bond donors (Lipinski definition) is 0. The number of amides is 1. The van der Waals surface area contributed by atoms with Crippen LogP contribution in [0.15, 0.2) is 18.3 Å². The van der Waals surface area contributed by atoms with E-state index in [1.807, 2.05) is 17.0 Å². The molecule has 1 atom stereocenters. The fourth-order valence-corrected chi connectivity index (χ4v) is 3.43. The summed E-state index contributed by atoms with van der Waals surface area (Å²) in [6.07, 6.45) is 4.91. The van der Waals surface area contributed by atoms with Crippen LogP contribution in [0.25, 0.3) is 0 Å². The summed E-state index contributed by atoms with van der Waals surface area (Å²) in [5, 5.41) is 0. The number of carbonyl (C=O) groups excluding carboxylic acids is 1. The van der Waals surface area contributed by atoms with Gasteiger partial charge in [-0.15, -0.1) is 0 Å². The van der Waals surface area contributed by atoms with Crippen molar-refractivity contribution in [2.45, 2.75) is 45.6 Å². The highest BCUT2D eigenvalue weighted by Gasteiger charge is 2.31. The van der Waals surface area contributed by atoms with Gasteiger partial charge in [-0.1, -0.05) is 13.8 Å². The van der Waals surface area contributed by atoms with Gasteiger partial charge in [0.25, 0.3) is 5.91 Å². The molecule has 2 aliphatic heterocycles. The number of piperidine rings is 1. The van der Waals surface area contributed by atoms with Crippen LogP contribution < -0.4 is 4.90 Å². The van der Waals surface area contributed by atoms with Crippen LogP contribution in [0.3, 0.4) is 0 Å². The summed E-state index contributed by atoms with van der Waals surface area (Å²) in [5.41, 5.74) is 0.582. The maximum absolute atomic E-state index is 12.6. The van der Waals surface area contributed by atoms with Gasteiger partial charge in [-0.2, -0.15) is 0 Å². The van der Waals surface area contributed by atoms with E-state index in [4.69, 9.17) is 4.74 Å². The van der Waals surface area contributed by atoms with Crippen LogP contribution in [-0.2, 0) is 4.74 Å². The van der Waals surface area contributed by atoms with E-state index >= 15 is 0 Å². The average Bonchev–Trinajstić information content (AvgIpc) is 2.62. The van der Waals surface area contributed by atoms with Crippen LogP contribution in [0.5, 0.6) is 0 Å². The molecule has 1 aromatic rings. The Bertz CT molecular complexity index is 566. The van der Waals surface area contributed by atoms with Gasteiger partial charge >= 0.3 is 0 Å². The van der Waals surface area contributed by atoms with Crippen LogP contribution in [-0.4, -0.2) is 54.2 Å². The lowest BCUT2D eigenvalue weighted by Gasteiger charge is -2.40. The molecule has 0 bridgehead atoms. The third kappa shape index (κ3) is 3.72. The van der Waals surface area contributed by atoms with Crippen molar-refractivity contribution in [3.8, 4) is 0 Å². The van der Waals surface area contributed by atoms with Crippen LogP contribution in [0.2, 0.25) is 0 Å². The van der Waals surface area contributed by atoms with E-state index in [0.717, 1.165) is 63.8 Å². The molecule has 2 fully saturated rings. The van der Waals surface area contributed by atoms with Crippen molar-refractivity contribution in [2.75, 3.05) is 37.7 Å². The smallest absolute Gasteiger partial charge is 0.255 e. The summed E-state index contributed by atoms with van der Waals surface area (Å²) in [7, 11) is 0. The third-order valence-electron chi connectivity index (χ3n) is 5.47. The highest BCUT2D eigenvalue weighted by Crippen LogP contribution is 2.25. The molecule has 1 unspecified atom stereocenters. The van der Waals surface area contributed by atoms with Crippen LogP contribution in [0, 0.1) is 5.92 Å². The highest BCUT2D eigenvalue weighted by atomic mass is 16.5. The van der Waals surface area contributed by atoms with Gasteiger partial charge in [-0.3, -0.25) is 4.79 Å². The van der Waals surface area contributed by atoms with E-state index < -0.39 is 0 Å². The van der Waals surface area contributed by atoms with Crippen LogP contribution in [0.4, 0.5) is 5.82 Å². The zero-order valence-electron chi connectivity index (χ0n) is 15.1. The molecule has 1 amide bonds. The molecule has 0 aromatic carbocycles. The quantitative estimate of drug-likeness (QED) is 0.854. The standard InChI is InChI=1S/C19H29N3O2/c1-4-19(3)14-22(11-12-24-19)17-6-5-16(13-20-17)18(23)21-9-7-15(2)8-10-21/h5-6,13,15H,4,7-12,14H2,1-3H3. The van der Waals surface area contributed by atoms with Crippen molar-refractivity contribution >= 4 is 11.7 Å². The Morgan fingerprint density at radius 1 is 1.33 bits per heavy atom. The van der Waals surface area contributed by atoms with Crippen molar-refractivity contribution < 1.29 is 9.53 Å². The summed E-state index contributed by atoms with van der Waals surface area (Å²) in [5.74, 6) is 1.77. The van der Waals surface area contributed by atoms with Gasteiger partial charge in [0.1, 0.15) is 5.82 Å². The largest absolute Gasteiger partial charge is 0.372 e. The summed E-state index contributed by atoms with van der Waals surface area (Å²) in [6.45, 7) is 10.7. The summed E-state index contributed by atoms with van der Waals surface area (Å²) in [4.78, 5) is 21.4. The number of pyridine rings is 1. The fourth-order valence-electron chi connectivity index (χ4n) is 3.43. The summed E-state index contributed by atoms with van der Waals surface area (Å²) < 4.78 is 5.89. The fraction of sp³-hybridized carbons (Fsp3) is 0.684. The molecule has 5 heteroatoms. The summed E-state index contributed by atoms with van der Waals surface area (Å²) in [6, 6.07) is 3.89. The SMILES string of the molecule is CCC1(C)CN(c2ccc(C(=O)N3CCC(C)CC3)cn2)CCO1. The third-order valence-corrected chi connectivity index (χ3v) is 5.47. The molecule has 5 nitrogen and oxygen atoms in total. The number of ether oxygens (including phenoxy) is 1. The van der Waals surface area contributed by atoms with Crippen LogP contribution in [0.1, 0.15) is 50.4 Å². The Morgan fingerprint density at radius 2 is 2.08 bits per heavy atom. The monoisotopic (exact) mass is 331 g/mol. The molecule has 3 heterocycles. The molecule has 1 aromatic heterocycles. The Balaban J connectivity index is 1.66. The second-order valence-electron chi connectivity index (χ2n) is 7.45. The molecule has 0 radical (unpaired) electrons. The Labute approximate surface area is 145 Å². The second kappa shape index (κ2) is 7.09. The first-order valence-corrected chi connectivity index (χ1v) is 9.15. The normalized spacial score (nSPS) is 25.8. The van der Waals surface area contributed by atoms with Crippen molar-refractivity contribution in [1.29, 1.82) is 0 Å². The Morgan fingerprint density at radius 3 is 2.71 bits per heavy atom. The molecular weight excluding hydrogens is 302 g/mol. The lowest BCUT2D eigenvalue weighted by atomic mass is 9.99. The first kappa shape index (κ1) is 17.2. The number of aromatic nitrogens is 1. The van der Waals surface area contributed by atoms with Crippen molar-refractivity contribution in [3.05, 3.63) is 23.9 Å². The molecule has 3 rings (SSSR count). The number of hydrogen-bond acceptors (Lipinski definition) is 4. The Kier molecular flexibility index (Phi) is 5.09. The van der Waals surface area contributed by atoms with E-state index in [1.54, 1.807) is 6.20 Å². The number of nitrogens with zero attached hydrogens (tertiary/aromatic N) is 3. The first-order chi connectivity index (χ1) is 11.5. The summed E-state index contributed by atoms with van der Waals surface area (Å²) >= 11 is 0. The van der Waals surface area contributed by atoms with Gasteiger partial charge in [0.05, 0.1) is 17.8 Å². The first-order valence-electron chi connectivity index (χ1n) is 9.15. The topological polar surface area (TPSA) is 45.7 Å². The van der Waals surface area contributed by atoms with Crippen molar-refractivity contribution in [1.82, 2.24) is 9.88 Å². The Hall–Kier alpha value is -1.62. The number of carbonyl (C=O) groups is 1. The lowest BCUT2D eigenvalue weighted by molar-refractivity contribution is -0.0443. The number of anilines is 1. The van der Waals surface area contributed by atoms with E-state index in [2.05, 4.69) is 30.7 Å². The van der Waals surface area contributed by atoms with Gasteiger partial charge in [0.2, 0.25) is 0 Å². The van der Waals surface area contributed by atoms with Gasteiger partial charge in [-0.25, -0.2) is 4.98 Å². The van der Waals surface area contributed by atoms with Gasteiger partial charge in [0.15, 0.2) is 0 Å². The van der Waals surface area contributed by atoms with E-state index in [0.29, 0.717) is 5.56 Å². The second-order valence-corrected chi connectivity index (χ2v) is 7.45. The maximum Gasteiger partial charge on any atom is 0.255 e. The maximum atomic E-state index is 12.6. The number of morpholine rings is 1. The van der Waals surface area contributed by atoms with E-state index in [-0.39, 0.29) is 11.5 Å². The molecule has 0 spiro atoms. The molecule has 2 saturated heterocycles. The molecular formula is C19H29N3O2. The van der Waals surface area contributed by atoms with E-state index in [9.17, 15) is 4.79 Å². The highest BCUT2D eigenvalue weighted by molar-refractivity contribution is 5.94.